The standard InChI is InChI=1S/C23H44O3/c1-3-5-6-13-16-19-22(24)20-17-14-11-9-7-8-10-12-15-18-21-23(25)26-4-2/h14,17,22,24H,3-13,15-16,18-21H2,1-2H3/t22-/m1/s1. The number of hydrogen-bond donors (Lipinski definition) is 1. The maximum Gasteiger partial charge on any atom is 0.305 e. The van der Waals surface area contributed by atoms with Gasteiger partial charge in [0, 0.05) is 6.42 Å². The summed E-state index contributed by atoms with van der Waals surface area (Å²) in [6, 6.07) is 0. The van der Waals surface area contributed by atoms with Gasteiger partial charge in [-0.25, -0.2) is 0 Å². The first kappa shape index (κ1) is 25.2. The van der Waals surface area contributed by atoms with Crippen molar-refractivity contribution in [3.63, 3.8) is 0 Å². The third kappa shape index (κ3) is 19.5. The van der Waals surface area contributed by atoms with Gasteiger partial charge in [0.1, 0.15) is 0 Å². The van der Waals surface area contributed by atoms with Gasteiger partial charge in [0.15, 0.2) is 0 Å². The molecule has 0 saturated heterocycles. The average Bonchev–Trinajstić information content (AvgIpc) is 2.62. The molecule has 0 aromatic carbocycles. The van der Waals surface area contributed by atoms with E-state index in [1.165, 1.54) is 57.8 Å². The quantitative estimate of drug-likeness (QED) is 0.156. The van der Waals surface area contributed by atoms with Crippen LogP contribution in [0.25, 0.3) is 0 Å². The maximum atomic E-state index is 11.2. The highest BCUT2D eigenvalue weighted by molar-refractivity contribution is 5.69. The van der Waals surface area contributed by atoms with Crippen molar-refractivity contribution in [1.82, 2.24) is 0 Å². The van der Waals surface area contributed by atoms with Crippen LogP contribution in [0, 0.1) is 0 Å². The molecule has 3 heteroatoms. The molecular weight excluding hydrogens is 324 g/mol. The second kappa shape index (κ2) is 20.5. The third-order valence-electron chi connectivity index (χ3n) is 4.77. The molecule has 3 nitrogen and oxygen atoms in total. The Bertz CT molecular complexity index is 325. The normalized spacial score (nSPS) is 12.6. The van der Waals surface area contributed by atoms with Gasteiger partial charge in [0.25, 0.3) is 0 Å². The molecule has 0 spiro atoms. The monoisotopic (exact) mass is 368 g/mol. The molecule has 0 aliphatic carbocycles. The summed E-state index contributed by atoms with van der Waals surface area (Å²) in [4.78, 5) is 11.2. The molecule has 1 N–H and O–H groups in total. The number of aliphatic hydroxyl groups is 1. The fraction of sp³-hybridized carbons (Fsp3) is 0.870. The highest BCUT2D eigenvalue weighted by Gasteiger charge is 2.01. The highest BCUT2D eigenvalue weighted by atomic mass is 16.5. The van der Waals surface area contributed by atoms with E-state index >= 15 is 0 Å². The number of esters is 1. The van der Waals surface area contributed by atoms with Gasteiger partial charge >= 0.3 is 5.97 Å². The first-order chi connectivity index (χ1) is 12.7. The van der Waals surface area contributed by atoms with Gasteiger partial charge in [-0.1, -0.05) is 83.3 Å². The summed E-state index contributed by atoms with van der Waals surface area (Å²) in [6.07, 6.45) is 22.4. The Morgan fingerprint density at radius 3 is 2.15 bits per heavy atom. The summed E-state index contributed by atoms with van der Waals surface area (Å²) < 4.78 is 4.92. The number of hydrogen-bond acceptors (Lipinski definition) is 3. The van der Waals surface area contributed by atoms with E-state index in [4.69, 9.17) is 4.74 Å². The van der Waals surface area contributed by atoms with Crippen LogP contribution in [-0.4, -0.2) is 23.8 Å². The van der Waals surface area contributed by atoms with Gasteiger partial charge in [-0.2, -0.15) is 0 Å². The number of rotatable bonds is 19. The van der Waals surface area contributed by atoms with E-state index in [1.54, 1.807) is 0 Å². The van der Waals surface area contributed by atoms with E-state index in [2.05, 4.69) is 19.1 Å². The molecule has 0 aliphatic rings. The second-order valence-electron chi connectivity index (χ2n) is 7.38. The van der Waals surface area contributed by atoms with Crippen molar-refractivity contribution in [3.8, 4) is 0 Å². The summed E-state index contributed by atoms with van der Waals surface area (Å²) in [5, 5.41) is 9.93. The van der Waals surface area contributed by atoms with E-state index in [-0.39, 0.29) is 12.1 Å². The van der Waals surface area contributed by atoms with Crippen molar-refractivity contribution in [3.05, 3.63) is 12.2 Å². The van der Waals surface area contributed by atoms with Gasteiger partial charge in [-0.05, 0) is 39.0 Å². The molecule has 0 unspecified atom stereocenters. The summed E-state index contributed by atoms with van der Waals surface area (Å²) >= 11 is 0. The molecule has 154 valence electrons. The van der Waals surface area contributed by atoms with Gasteiger partial charge in [0.05, 0.1) is 12.7 Å². The zero-order valence-electron chi connectivity index (χ0n) is 17.5. The lowest BCUT2D eigenvalue weighted by Crippen LogP contribution is -2.04. The number of aliphatic hydroxyl groups excluding tert-OH is 1. The Hall–Kier alpha value is -0.830. The van der Waals surface area contributed by atoms with Crippen LogP contribution in [0.2, 0.25) is 0 Å². The Kier molecular flexibility index (Phi) is 19.8. The number of ether oxygens (including phenoxy) is 1. The van der Waals surface area contributed by atoms with Gasteiger partial charge in [-0.15, -0.1) is 0 Å². The molecule has 0 radical (unpaired) electrons. The van der Waals surface area contributed by atoms with Crippen molar-refractivity contribution in [2.45, 2.75) is 123 Å². The minimum atomic E-state index is -0.150. The largest absolute Gasteiger partial charge is 0.466 e. The lowest BCUT2D eigenvalue weighted by molar-refractivity contribution is -0.143. The smallest absolute Gasteiger partial charge is 0.305 e. The number of allylic oxidation sites excluding steroid dienone is 1. The van der Waals surface area contributed by atoms with E-state index < -0.39 is 0 Å². The third-order valence-corrected chi connectivity index (χ3v) is 4.77. The Balaban J connectivity index is 3.26. The molecule has 0 fully saturated rings. The predicted molar refractivity (Wildman–Crippen MR) is 111 cm³/mol. The lowest BCUT2D eigenvalue weighted by atomic mass is 10.1. The first-order valence-electron chi connectivity index (χ1n) is 11.2. The van der Waals surface area contributed by atoms with Crippen LogP contribution in [0.1, 0.15) is 117 Å². The first-order valence-corrected chi connectivity index (χ1v) is 11.2. The molecule has 0 aliphatic heterocycles. The molecule has 0 rings (SSSR count). The average molecular weight is 369 g/mol. The summed E-state index contributed by atoms with van der Waals surface area (Å²) in [5.74, 6) is -0.0547. The number of carbonyl (C=O) groups is 1. The lowest BCUT2D eigenvalue weighted by Gasteiger charge is -2.07. The zero-order chi connectivity index (χ0) is 19.3. The number of unbranched alkanes of at least 4 members (excludes halogenated alkanes) is 11. The van der Waals surface area contributed by atoms with E-state index in [9.17, 15) is 9.90 Å². The van der Waals surface area contributed by atoms with Gasteiger partial charge < -0.3 is 9.84 Å². The molecule has 0 aromatic heterocycles. The molecule has 0 amide bonds. The Labute approximate surface area is 162 Å². The van der Waals surface area contributed by atoms with Crippen LogP contribution in [-0.2, 0) is 9.53 Å². The van der Waals surface area contributed by atoms with Gasteiger partial charge in [-0.3, -0.25) is 4.79 Å². The van der Waals surface area contributed by atoms with Crippen LogP contribution in [0.5, 0.6) is 0 Å². The van der Waals surface area contributed by atoms with E-state index in [0.717, 1.165) is 38.5 Å². The molecular formula is C23H44O3. The minimum Gasteiger partial charge on any atom is -0.466 e. The van der Waals surface area contributed by atoms with E-state index in [1.807, 2.05) is 6.92 Å². The summed E-state index contributed by atoms with van der Waals surface area (Å²) in [5.41, 5.74) is 0. The van der Waals surface area contributed by atoms with Crippen molar-refractivity contribution in [2.24, 2.45) is 0 Å². The molecule has 1 atom stereocenters. The van der Waals surface area contributed by atoms with Crippen LogP contribution in [0.3, 0.4) is 0 Å². The molecule has 0 heterocycles. The van der Waals surface area contributed by atoms with E-state index in [0.29, 0.717) is 13.0 Å². The van der Waals surface area contributed by atoms with Crippen molar-refractivity contribution in [2.75, 3.05) is 6.61 Å². The topological polar surface area (TPSA) is 46.5 Å². The highest BCUT2D eigenvalue weighted by Crippen LogP contribution is 2.12. The summed E-state index contributed by atoms with van der Waals surface area (Å²) in [7, 11) is 0. The van der Waals surface area contributed by atoms with Crippen LogP contribution in [0.4, 0.5) is 0 Å². The maximum absolute atomic E-state index is 11.2. The summed E-state index contributed by atoms with van der Waals surface area (Å²) in [6.45, 7) is 4.57. The second-order valence-corrected chi connectivity index (χ2v) is 7.38. The Morgan fingerprint density at radius 2 is 1.46 bits per heavy atom. The van der Waals surface area contributed by atoms with Crippen molar-refractivity contribution >= 4 is 5.97 Å². The molecule has 0 saturated carbocycles. The van der Waals surface area contributed by atoms with Crippen LogP contribution in [0.15, 0.2) is 12.2 Å². The predicted octanol–water partition coefficient (Wildman–Crippen LogP) is 6.73. The van der Waals surface area contributed by atoms with Crippen molar-refractivity contribution < 1.29 is 14.6 Å². The zero-order valence-corrected chi connectivity index (χ0v) is 17.5. The fourth-order valence-corrected chi connectivity index (χ4v) is 3.12. The molecule has 0 aromatic rings. The Morgan fingerprint density at radius 1 is 0.846 bits per heavy atom. The molecule has 0 bridgehead atoms. The van der Waals surface area contributed by atoms with Gasteiger partial charge in [0.2, 0.25) is 0 Å². The number of carbonyl (C=O) groups excluding carboxylic acids is 1. The molecule has 26 heavy (non-hydrogen) atoms. The van der Waals surface area contributed by atoms with Crippen LogP contribution >= 0.6 is 0 Å². The fourth-order valence-electron chi connectivity index (χ4n) is 3.12. The van der Waals surface area contributed by atoms with Crippen molar-refractivity contribution in [1.29, 1.82) is 0 Å². The minimum absolute atomic E-state index is 0.0547. The SMILES string of the molecule is CCCCCCC[C@@H](O)CC=CCCCCCCCCCC(=O)OCC. The van der Waals surface area contributed by atoms with Crippen LogP contribution < -0.4 is 0 Å².